The molecule has 1 atom stereocenters. The maximum absolute atomic E-state index is 6.30. The fraction of sp³-hybridized carbons (Fsp3) is 0.524. The van der Waals surface area contributed by atoms with E-state index in [1.807, 2.05) is 11.6 Å². The van der Waals surface area contributed by atoms with Gasteiger partial charge >= 0.3 is 0 Å². The molecule has 29 heavy (non-hydrogen) atoms. The standard InChI is InChI=1S/C21H29N5O2S/c1-16-2-3-18(19(12-16)28-15-17-4-10-27-14-17)13-24-20(22)25-6-8-26(9-7-25)21-23-5-11-29-21/h2-3,5,11-12,17H,4,6-10,13-15H2,1H3,(H2,22,24). The van der Waals surface area contributed by atoms with E-state index in [-0.39, 0.29) is 0 Å². The Morgan fingerprint density at radius 3 is 2.93 bits per heavy atom. The first-order valence-corrected chi connectivity index (χ1v) is 11.1. The van der Waals surface area contributed by atoms with Gasteiger partial charge in [0.25, 0.3) is 0 Å². The van der Waals surface area contributed by atoms with E-state index < -0.39 is 0 Å². The molecular weight excluding hydrogens is 386 g/mol. The van der Waals surface area contributed by atoms with Crippen LogP contribution in [0.4, 0.5) is 5.13 Å². The number of rotatable bonds is 6. The normalized spacial score (nSPS) is 20.3. The Morgan fingerprint density at radius 1 is 1.34 bits per heavy atom. The molecule has 156 valence electrons. The van der Waals surface area contributed by atoms with E-state index in [0.717, 1.165) is 62.3 Å². The topological polar surface area (TPSA) is 76.2 Å². The highest BCUT2D eigenvalue weighted by Gasteiger charge is 2.20. The number of aliphatic imine (C=N–C) groups is 1. The summed E-state index contributed by atoms with van der Waals surface area (Å²) in [4.78, 5) is 13.5. The number of nitrogens with zero attached hydrogens (tertiary/aromatic N) is 4. The smallest absolute Gasteiger partial charge is 0.191 e. The van der Waals surface area contributed by atoms with Crippen molar-refractivity contribution in [3.63, 3.8) is 0 Å². The average molecular weight is 416 g/mol. The van der Waals surface area contributed by atoms with Crippen LogP contribution in [0.3, 0.4) is 0 Å². The van der Waals surface area contributed by atoms with Crippen LogP contribution in [0, 0.1) is 12.8 Å². The van der Waals surface area contributed by atoms with Crippen molar-refractivity contribution in [2.75, 3.05) is 50.9 Å². The number of guanidine groups is 1. The Bertz CT molecular complexity index is 812. The molecule has 8 heteroatoms. The minimum atomic E-state index is 0.478. The lowest BCUT2D eigenvalue weighted by atomic mass is 10.1. The first-order valence-electron chi connectivity index (χ1n) is 10.2. The van der Waals surface area contributed by atoms with Crippen molar-refractivity contribution in [1.82, 2.24) is 9.88 Å². The zero-order valence-electron chi connectivity index (χ0n) is 16.9. The summed E-state index contributed by atoms with van der Waals surface area (Å²) in [6.07, 6.45) is 2.92. The molecule has 0 spiro atoms. The summed E-state index contributed by atoms with van der Waals surface area (Å²) < 4.78 is 11.6. The summed E-state index contributed by atoms with van der Waals surface area (Å²) in [5.74, 6) is 1.98. The van der Waals surface area contributed by atoms with Crippen LogP contribution in [-0.2, 0) is 11.3 Å². The van der Waals surface area contributed by atoms with Crippen molar-refractivity contribution in [2.45, 2.75) is 19.9 Å². The van der Waals surface area contributed by atoms with Gasteiger partial charge in [-0.3, -0.25) is 0 Å². The molecule has 2 aliphatic rings. The van der Waals surface area contributed by atoms with Crippen molar-refractivity contribution in [2.24, 2.45) is 16.6 Å². The van der Waals surface area contributed by atoms with Crippen molar-refractivity contribution in [3.8, 4) is 5.75 Å². The number of ether oxygens (including phenoxy) is 2. The molecule has 1 unspecified atom stereocenters. The molecule has 1 aromatic carbocycles. The number of nitrogens with two attached hydrogens (primary N) is 1. The lowest BCUT2D eigenvalue weighted by molar-refractivity contribution is 0.166. The SMILES string of the molecule is Cc1ccc(CN=C(N)N2CCN(c3nccs3)CC2)c(OCC2CCOC2)c1. The fourth-order valence-electron chi connectivity index (χ4n) is 3.61. The molecule has 0 amide bonds. The van der Waals surface area contributed by atoms with Gasteiger partial charge in [0.1, 0.15) is 5.75 Å². The second kappa shape index (κ2) is 9.45. The maximum Gasteiger partial charge on any atom is 0.191 e. The molecular formula is C21H29N5O2S. The van der Waals surface area contributed by atoms with Crippen LogP contribution in [0.15, 0.2) is 34.8 Å². The Labute approximate surface area is 176 Å². The second-order valence-electron chi connectivity index (χ2n) is 7.61. The first-order chi connectivity index (χ1) is 14.2. The number of hydrogen-bond acceptors (Lipinski definition) is 6. The van der Waals surface area contributed by atoms with Crippen LogP contribution in [0.1, 0.15) is 17.5 Å². The number of thiazole rings is 1. The van der Waals surface area contributed by atoms with Crippen molar-refractivity contribution in [1.29, 1.82) is 0 Å². The summed E-state index contributed by atoms with van der Waals surface area (Å²) in [6, 6.07) is 6.27. The van der Waals surface area contributed by atoms with Gasteiger partial charge in [0, 0.05) is 55.8 Å². The molecule has 0 saturated carbocycles. The Kier molecular flexibility index (Phi) is 6.51. The molecule has 7 nitrogen and oxygen atoms in total. The first kappa shape index (κ1) is 20.0. The van der Waals surface area contributed by atoms with Crippen molar-refractivity contribution in [3.05, 3.63) is 40.9 Å². The zero-order valence-corrected chi connectivity index (χ0v) is 17.7. The fourth-order valence-corrected chi connectivity index (χ4v) is 4.31. The number of anilines is 1. The highest BCUT2D eigenvalue weighted by molar-refractivity contribution is 7.13. The third-order valence-corrected chi connectivity index (χ3v) is 6.26. The summed E-state index contributed by atoms with van der Waals surface area (Å²) in [6.45, 7) is 8.45. The van der Waals surface area contributed by atoms with Gasteiger partial charge in [-0.25, -0.2) is 9.98 Å². The van der Waals surface area contributed by atoms with Gasteiger partial charge in [0.15, 0.2) is 11.1 Å². The van der Waals surface area contributed by atoms with E-state index in [1.165, 1.54) is 5.56 Å². The molecule has 2 aromatic rings. The predicted molar refractivity (Wildman–Crippen MR) is 117 cm³/mol. The molecule has 2 saturated heterocycles. The van der Waals surface area contributed by atoms with Crippen LogP contribution in [0.2, 0.25) is 0 Å². The van der Waals surface area contributed by atoms with E-state index in [4.69, 9.17) is 15.2 Å². The Hall–Kier alpha value is -2.32. The maximum atomic E-state index is 6.30. The van der Waals surface area contributed by atoms with Crippen LogP contribution in [-0.4, -0.2) is 61.8 Å². The average Bonchev–Trinajstić information content (AvgIpc) is 3.45. The van der Waals surface area contributed by atoms with Gasteiger partial charge < -0.3 is 25.0 Å². The van der Waals surface area contributed by atoms with Crippen molar-refractivity contribution >= 4 is 22.4 Å². The van der Waals surface area contributed by atoms with E-state index in [2.05, 4.69) is 44.9 Å². The molecule has 0 aliphatic carbocycles. The van der Waals surface area contributed by atoms with Gasteiger partial charge in [-0.05, 0) is 25.0 Å². The van der Waals surface area contributed by atoms with Crippen LogP contribution in [0.5, 0.6) is 5.75 Å². The van der Waals surface area contributed by atoms with Gasteiger partial charge in [-0.1, -0.05) is 12.1 Å². The highest BCUT2D eigenvalue weighted by Crippen LogP contribution is 2.24. The highest BCUT2D eigenvalue weighted by atomic mass is 32.1. The van der Waals surface area contributed by atoms with Gasteiger partial charge in [-0.2, -0.15) is 0 Å². The number of aryl methyl sites for hydroxylation is 1. The molecule has 1 aromatic heterocycles. The molecule has 2 N–H and O–H groups in total. The van der Waals surface area contributed by atoms with Gasteiger partial charge in [-0.15, -0.1) is 11.3 Å². The minimum absolute atomic E-state index is 0.478. The molecule has 2 aliphatic heterocycles. The van der Waals surface area contributed by atoms with E-state index in [0.29, 0.717) is 25.0 Å². The van der Waals surface area contributed by atoms with Gasteiger partial charge in [0.05, 0.1) is 19.8 Å². The lowest BCUT2D eigenvalue weighted by Gasteiger charge is -2.35. The van der Waals surface area contributed by atoms with Crippen LogP contribution >= 0.6 is 11.3 Å². The summed E-state index contributed by atoms with van der Waals surface area (Å²) in [7, 11) is 0. The Morgan fingerprint density at radius 2 is 2.21 bits per heavy atom. The molecule has 0 radical (unpaired) electrons. The number of hydrogen-bond donors (Lipinski definition) is 1. The summed E-state index contributed by atoms with van der Waals surface area (Å²) in [5.41, 5.74) is 8.55. The number of benzene rings is 1. The van der Waals surface area contributed by atoms with E-state index in [1.54, 1.807) is 11.3 Å². The molecule has 3 heterocycles. The second-order valence-corrected chi connectivity index (χ2v) is 8.49. The monoisotopic (exact) mass is 415 g/mol. The van der Waals surface area contributed by atoms with Crippen LogP contribution in [0.25, 0.3) is 0 Å². The summed E-state index contributed by atoms with van der Waals surface area (Å²) >= 11 is 1.68. The van der Waals surface area contributed by atoms with Gasteiger partial charge in [0.2, 0.25) is 0 Å². The quantitative estimate of drug-likeness (QED) is 0.577. The van der Waals surface area contributed by atoms with E-state index in [9.17, 15) is 0 Å². The van der Waals surface area contributed by atoms with Crippen molar-refractivity contribution < 1.29 is 9.47 Å². The summed E-state index contributed by atoms with van der Waals surface area (Å²) in [5, 5.41) is 3.09. The zero-order chi connectivity index (χ0) is 20.1. The molecule has 0 bridgehead atoms. The number of aromatic nitrogens is 1. The molecule has 4 rings (SSSR count). The van der Waals surface area contributed by atoms with Crippen LogP contribution < -0.4 is 15.4 Å². The van der Waals surface area contributed by atoms with E-state index >= 15 is 0 Å². The Balaban J connectivity index is 1.34. The predicted octanol–water partition coefficient (Wildman–Crippen LogP) is 2.50. The largest absolute Gasteiger partial charge is 0.493 e. The molecule has 2 fully saturated rings. The lowest BCUT2D eigenvalue weighted by Crippen LogP contribution is -2.51. The third kappa shape index (κ3) is 5.19. The minimum Gasteiger partial charge on any atom is -0.493 e. The third-order valence-electron chi connectivity index (χ3n) is 5.43. The number of piperazine rings is 1.